The first-order valence-electron chi connectivity index (χ1n) is 7.25. The maximum absolute atomic E-state index is 12.4. The smallest absolute Gasteiger partial charge is 0.338 e. The van der Waals surface area contributed by atoms with Crippen LogP contribution in [0.4, 0.5) is 0 Å². The molecule has 4 heteroatoms. The van der Waals surface area contributed by atoms with Crippen molar-refractivity contribution in [1.82, 2.24) is 0 Å². The molecule has 0 fully saturated rings. The van der Waals surface area contributed by atoms with Crippen LogP contribution in [-0.2, 0) is 4.74 Å². The molecule has 116 valence electrons. The van der Waals surface area contributed by atoms with Gasteiger partial charge in [-0.15, -0.1) is 0 Å². The molecule has 0 saturated heterocycles. The second kappa shape index (κ2) is 6.89. The number of benzene rings is 2. The molecule has 0 bridgehead atoms. The SMILES string of the molecule is Cc1ccc(C(=O)[C@H](C)OC(=O)c2ccc(C#N)cc2)cc1C. The Morgan fingerprint density at radius 1 is 1.00 bits per heavy atom. The van der Waals surface area contributed by atoms with Gasteiger partial charge in [-0.3, -0.25) is 4.79 Å². The molecule has 0 N–H and O–H groups in total. The van der Waals surface area contributed by atoms with E-state index in [4.69, 9.17) is 10.00 Å². The largest absolute Gasteiger partial charge is 0.451 e. The molecule has 1 atom stereocenters. The first-order chi connectivity index (χ1) is 10.9. The minimum Gasteiger partial charge on any atom is -0.451 e. The fourth-order valence-electron chi connectivity index (χ4n) is 2.09. The number of carbonyl (C=O) groups excluding carboxylic acids is 2. The number of nitrogens with zero attached hydrogens (tertiary/aromatic N) is 1. The number of nitriles is 1. The minimum absolute atomic E-state index is 0.241. The summed E-state index contributed by atoms with van der Waals surface area (Å²) in [4.78, 5) is 24.4. The Morgan fingerprint density at radius 3 is 2.17 bits per heavy atom. The van der Waals surface area contributed by atoms with E-state index >= 15 is 0 Å². The van der Waals surface area contributed by atoms with Crippen molar-refractivity contribution < 1.29 is 14.3 Å². The summed E-state index contributed by atoms with van der Waals surface area (Å²) < 4.78 is 5.22. The number of Topliss-reactive ketones (excluding diaryl/α,β-unsaturated/α-hetero) is 1. The van der Waals surface area contributed by atoms with E-state index in [1.54, 1.807) is 19.1 Å². The standard InChI is InChI=1S/C19H17NO3/c1-12-4-7-17(10-13(12)2)18(21)14(3)23-19(22)16-8-5-15(11-20)6-9-16/h4-10,14H,1-3H3/t14-/m0/s1. The third-order valence-electron chi connectivity index (χ3n) is 3.69. The van der Waals surface area contributed by atoms with Crippen molar-refractivity contribution in [1.29, 1.82) is 5.26 Å². The van der Waals surface area contributed by atoms with Gasteiger partial charge in [0.2, 0.25) is 5.78 Å². The molecule has 23 heavy (non-hydrogen) atoms. The summed E-state index contributed by atoms with van der Waals surface area (Å²) in [5.74, 6) is -0.825. The second-order valence-electron chi connectivity index (χ2n) is 5.40. The van der Waals surface area contributed by atoms with E-state index in [9.17, 15) is 9.59 Å². The summed E-state index contributed by atoms with van der Waals surface area (Å²) in [6.45, 7) is 5.45. The molecule has 0 unspecified atom stereocenters. The van der Waals surface area contributed by atoms with Crippen LogP contribution < -0.4 is 0 Å². The molecule has 2 aromatic carbocycles. The van der Waals surface area contributed by atoms with Crippen LogP contribution in [-0.4, -0.2) is 17.9 Å². The lowest BCUT2D eigenvalue weighted by Gasteiger charge is -2.13. The zero-order valence-electron chi connectivity index (χ0n) is 13.3. The highest BCUT2D eigenvalue weighted by Crippen LogP contribution is 2.14. The maximum Gasteiger partial charge on any atom is 0.338 e. The van der Waals surface area contributed by atoms with Gasteiger partial charge in [0.1, 0.15) is 0 Å². The van der Waals surface area contributed by atoms with Crippen molar-refractivity contribution in [2.45, 2.75) is 26.9 Å². The predicted octanol–water partition coefficient (Wildman–Crippen LogP) is 3.60. The van der Waals surface area contributed by atoms with Crippen LogP contribution in [0.3, 0.4) is 0 Å². The quantitative estimate of drug-likeness (QED) is 0.639. The second-order valence-corrected chi connectivity index (χ2v) is 5.40. The Morgan fingerprint density at radius 2 is 1.61 bits per heavy atom. The van der Waals surface area contributed by atoms with Crippen LogP contribution in [0.2, 0.25) is 0 Å². The van der Waals surface area contributed by atoms with Crippen LogP contribution in [0.1, 0.15) is 44.3 Å². The molecular formula is C19H17NO3. The fourth-order valence-corrected chi connectivity index (χ4v) is 2.09. The third-order valence-corrected chi connectivity index (χ3v) is 3.69. The molecular weight excluding hydrogens is 290 g/mol. The Kier molecular flexibility index (Phi) is 4.92. The minimum atomic E-state index is -0.875. The van der Waals surface area contributed by atoms with Gasteiger partial charge in [0.15, 0.2) is 6.10 Å². The number of rotatable bonds is 4. The van der Waals surface area contributed by atoms with Gasteiger partial charge in [-0.25, -0.2) is 4.79 Å². The Labute approximate surface area is 135 Å². The summed E-state index contributed by atoms with van der Waals surface area (Å²) in [7, 11) is 0. The van der Waals surface area contributed by atoms with Gasteiger partial charge in [0.25, 0.3) is 0 Å². The average molecular weight is 307 g/mol. The van der Waals surface area contributed by atoms with E-state index in [-0.39, 0.29) is 5.78 Å². The Balaban J connectivity index is 2.09. The highest BCUT2D eigenvalue weighted by molar-refractivity contribution is 6.01. The molecule has 0 spiro atoms. The molecule has 0 heterocycles. The predicted molar refractivity (Wildman–Crippen MR) is 86.3 cm³/mol. The monoisotopic (exact) mass is 307 g/mol. The Hall–Kier alpha value is -2.93. The van der Waals surface area contributed by atoms with Gasteiger partial charge in [0.05, 0.1) is 17.2 Å². The van der Waals surface area contributed by atoms with E-state index in [1.165, 1.54) is 24.3 Å². The number of esters is 1. The van der Waals surface area contributed by atoms with Crippen LogP contribution in [0, 0.1) is 25.2 Å². The van der Waals surface area contributed by atoms with E-state index in [1.807, 2.05) is 26.0 Å². The van der Waals surface area contributed by atoms with Crippen molar-refractivity contribution in [3.63, 3.8) is 0 Å². The summed E-state index contributed by atoms with van der Waals surface area (Å²) >= 11 is 0. The molecule has 4 nitrogen and oxygen atoms in total. The lowest BCUT2D eigenvalue weighted by atomic mass is 10.0. The van der Waals surface area contributed by atoms with E-state index in [2.05, 4.69) is 0 Å². The van der Waals surface area contributed by atoms with Crippen molar-refractivity contribution in [2.75, 3.05) is 0 Å². The van der Waals surface area contributed by atoms with Crippen molar-refractivity contribution in [2.24, 2.45) is 0 Å². The zero-order valence-corrected chi connectivity index (χ0v) is 13.3. The molecule has 0 aliphatic carbocycles. The summed E-state index contributed by atoms with van der Waals surface area (Å²) in [5.41, 5.74) is 3.41. The highest BCUT2D eigenvalue weighted by atomic mass is 16.5. The van der Waals surface area contributed by atoms with Crippen LogP contribution in [0.25, 0.3) is 0 Å². The normalized spacial score (nSPS) is 11.4. The highest BCUT2D eigenvalue weighted by Gasteiger charge is 2.20. The number of aryl methyl sites for hydroxylation is 2. The molecule has 0 radical (unpaired) electrons. The summed E-state index contributed by atoms with van der Waals surface area (Å²) in [6, 6.07) is 13.5. The average Bonchev–Trinajstić information content (AvgIpc) is 2.56. The van der Waals surface area contributed by atoms with Gasteiger partial charge in [0, 0.05) is 5.56 Å². The topological polar surface area (TPSA) is 67.2 Å². The van der Waals surface area contributed by atoms with Gasteiger partial charge in [-0.05, 0) is 62.2 Å². The van der Waals surface area contributed by atoms with E-state index < -0.39 is 12.1 Å². The summed E-state index contributed by atoms with van der Waals surface area (Å²) in [5, 5.41) is 8.74. The molecule has 2 aromatic rings. The maximum atomic E-state index is 12.4. The lowest BCUT2D eigenvalue weighted by Crippen LogP contribution is -2.24. The third kappa shape index (κ3) is 3.83. The van der Waals surface area contributed by atoms with Crippen molar-refractivity contribution in [3.8, 4) is 6.07 Å². The van der Waals surface area contributed by atoms with Crippen LogP contribution >= 0.6 is 0 Å². The van der Waals surface area contributed by atoms with Gasteiger partial charge < -0.3 is 4.74 Å². The summed E-state index contributed by atoms with van der Waals surface area (Å²) in [6.07, 6.45) is -0.875. The molecule has 0 aliphatic heterocycles. The van der Waals surface area contributed by atoms with E-state index in [0.717, 1.165) is 11.1 Å². The Bertz CT molecular complexity index is 785. The molecule has 2 rings (SSSR count). The van der Waals surface area contributed by atoms with Gasteiger partial charge >= 0.3 is 5.97 Å². The van der Waals surface area contributed by atoms with Crippen molar-refractivity contribution in [3.05, 3.63) is 70.3 Å². The first kappa shape index (κ1) is 16.4. The van der Waals surface area contributed by atoms with Crippen LogP contribution in [0.5, 0.6) is 0 Å². The van der Waals surface area contributed by atoms with E-state index in [0.29, 0.717) is 16.7 Å². The molecule has 0 amide bonds. The number of hydrogen-bond donors (Lipinski definition) is 0. The lowest BCUT2D eigenvalue weighted by molar-refractivity contribution is 0.0319. The molecule has 0 aliphatic rings. The first-order valence-corrected chi connectivity index (χ1v) is 7.25. The van der Waals surface area contributed by atoms with Gasteiger partial charge in [-0.2, -0.15) is 5.26 Å². The number of ketones is 1. The zero-order chi connectivity index (χ0) is 17.0. The number of hydrogen-bond acceptors (Lipinski definition) is 4. The molecule has 0 saturated carbocycles. The number of carbonyl (C=O) groups is 2. The fraction of sp³-hybridized carbons (Fsp3) is 0.211. The van der Waals surface area contributed by atoms with Crippen molar-refractivity contribution >= 4 is 11.8 Å². The van der Waals surface area contributed by atoms with Crippen LogP contribution in [0.15, 0.2) is 42.5 Å². The van der Waals surface area contributed by atoms with Gasteiger partial charge in [-0.1, -0.05) is 12.1 Å². The molecule has 0 aromatic heterocycles. The number of ether oxygens (including phenoxy) is 1.